The topological polar surface area (TPSA) is 21.3 Å². The number of rotatable bonds is 4. The molecule has 0 saturated heterocycles. The van der Waals surface area contributed by atoms with Gasteiger partial charge >= 0.3 is 0 Å². The molecule has 0 radical (unpaired) electrons. The van der Waals surface area contributed by atoms with Crippen molar-refractivity contribution in [3.63, 3.8) is 0 Å². The zero-order valence-corrected chi connectivity index (χ0v) is 12.2. The number of benzene rings is 2. The van der Waals surface area contributed by atoms with Crippen LogP contribution in [-0.4, -0.2) is 6.54 Å². The first-order valence-corrected chi connectivity index (χ1v) is 7.93. The maximum Gasteiger partial charge on any atom is 0.120 e. The van der Waals surface area contributed by atoms with Crippen LogP contribution < -0.4 is 10.1 Å². The first-order valence-electron chi connectivity index (χ1n) is 7.93. The maximum atomic E-state index is 5.98. The molecule has 2 heteroatoms. The molecule has 0 spiro atoms. The monoisotopic (exact) mass is 279 g/mol. The van der Waals surface area contributed by atoms with Gasteiger partial charge in [0.25, 0.3) is 0 Å². The smallest absolute Gasteiger partial charge is 0.120 e. The summed E-state index contributed by atoms with van der Waals surface area (Å²) in [5.74, 6) is 1.83. The molecule has 1 N–H and O–H groups in total. The predicted octanol–water partition coefficient (Wildman–Crippen LogP) is 3.86. The number of hydrogen-bond donors (Lipinski definition) is 1. The van der Waals surface area contributed by atoms with E-state index in [0.717, 1.165) is 24.6 Å². The summed E-state index contributed by atoms with van der Waals surface area (Å²) >= 11 is 0. The van der Waals surface area contributed by atoms with E-state index >= 15 is 0 Å². The Balaban J connectivity index is 1.52. The third-order valence-electron chi connectivity index (χ3n) is 4.55. The second-order valence-corrected chi connectivity index (χ2v) is 6.15. The summed E-state index contributed by atoms with van der Waals surface area (Å²) in [5.41, 5.74) is 4.18. The van der Waals surface area contributed by atoms with Gasteiger partial charge in [-0.2, -0.15) is 0 Å². The zero-order chi connectivity index (χ0) is 14.1. The fourth-order valence-electron chi connectivity index (χ4n) is 3.24. The van der Waals surface area contributed by atoms with Gasteiger partial charge in [-0.3, -0.25) is 0 Å². The molecule has 1 aliphatic carbocycles. The molecule has 2 aromatic carbocycles. The lowest BCUT2D eigenvalue weighted by Crippen LogP contribution is -2.31. The van der Waals surface area contributed by atoms with Crippen LogP contribution in [0, 0.1) is 5.92 Å². The van der Waals surface area contributed by atoms with Crippen molar-refractivity contribution in [3.05, 3.63) is 65.2 Å². The van der Waals surface area contributed by atoms with Gasteiger partial charge in [-0.05, 0) is 60.5 Å². The van der Waals surface area contributed by atoms with Gasteiger partial charge in [-0.25, -0.2) is 0 Å². The molecule has 1 atom stereocenters. The van der Waals surface area contributed by atoms with Gasteiger partial charge in [0.15, 0.2) is 0 Å². The predicted molar refractivity (Wildman–Crippen MR) is 84.4 cm³/mol. The lowest BCUT2D eigenvalue weighted by atomic mass is 9.91. The van der Waals surface area contributed by atoms with E-state index < -0.39 is 0 Å². The van der Waals surface area contributed by atoms with E-state index in [9.17, 15) is 0 Å². The van der Waals surface area contributed by atoms with Gasteiger partial charge < -0.3 is 10.1 Å². The van der Waals surface area contributed by atoms with E-state index in [0.29, 0.717) is 12.6 Å². The molecule has 2 aromatic rings. The summed E-state index contributed by atoms with van der Waals surface area (Å²) in [5, 5.41) is 3.68. The fraction of sp³-hybridized carbons (Fsp3) is 0.368. The number of hydrogen-bond acceptors (Lipinski definition) is 2. The SMILES string of the molecule is c1ccc(COc2ccc3c(c2)C(C2CC2)NCC3)cc1. The maximum absolute atomic E-state index is 5.98. The van der Waals surface area contributed by atoms with Crippen molar-refractivity contribution < 1.29 is 4.74 Å². The van der Waals surface area contributed by atoms with Crippen molar-refractivity contribution in [2.24, 2.45) is 5.92 Å². The van der Waals surface area contributed by atoms with Crippen LogP contribution in [0.2, 0.25) is 0 Å². The molecule has 0 bridgehead atoms. The Kier molecular flexibility index (Phi) is 3.40. The fourth-order valence-corrected chi connectivity index (χ4v) is 3.24. The van der Waals surface area contributed by atoms with Crippen molar-refractivity contribution in [1.29, 1.82) is 0 Å². The molecule has 108 valence electrons. The highest BCUT2D eigenvalue weighted by Gasteiger charge is 2.34. The minimum atomic E-state index is 0.550. The van der Waals surface area contributed by atoms with Crippen LogP contribution in [0.25, 0.3) is 0 Å². The standard InChI is InChI=1S/C19H21NO/c1-2-4-14(5-3-1)13-21-17-9-8-15-10-11-20-19(16-6-7-16)18(15)12-17/h1-5,8-9,12,16,19-20H,6-7,10-11,13H2. The van der Waals surface area contributed by atoms with E-state index in [2.05, 4.69) is 47.8 Å². The van der Waals surface area contributed by atoms with Crippen LogP contribution in [-0.2, 0) is 13.0 Å². The normalized spacial score (nSPS) is 20.9. The van der Waals surface area contributed by atoms with Gasteiger partial charge in [-0.15, -0.1) is 0 Å². The van der Waals surface area contributed by atoms with E-state index in [1.54, 1.807) is 0 Å². The highest BCUT2D eigenvalue weighted by atomic mass is 16.5. The summed E-state index contributed by atoms with van der Waals surface area (Å²) in [6.45, 7) is 1.75. The third-order valence-corrected chi connectivity index (χ3v) is 4.55. The Morgan fingerprint density at radius 3 is 2.71 bits per heavy atom. The second kappa shape index (κ2) is 5.53. The summed E-state index contributed by atoms with van der Waals surface area (Å²) in [4.78, 5) is 0. The van der Waals surface area contributed by atoms with Gasteiger partial charge in [0.05, 0.1) is 0 Å². The van der Waals surface area contributed by atoms with Crippen molar-refractivity contribution in [1.82, 2.24) is 5.32 Å². The number of fused-ring (bicyclic) bond motifs is 1. The van der Waals surface area contributed by atoms with Crippen LogP contribution >= 0.6 is 0 Å². The average molecular weight is 279 g/mol. The molecule has 1 aliphatic heterocycles. The van der Waals surface area contributed by atoms with Gasteiger partial charge in [-0.1, -0.05) is 36.4 Å². The van der Waals surface area contributed by atoms with E-state index in [1.807, 2.05) is 6.07 Å². The van der Waals surface area contributed by atoms with E-state index in [-0.39, 0.29) is 0 Å². The highest BCUT2D eigenvalue weighted by Crippen LogP contribution is 2.44. The van der Waals surface area contributed by atoms with Crippen LogP contribution in [0.4, 0.5) is 0 Å². The summed E-state index contributed by atoms with van der Waals surface area (Å²) < 4.78 is 5.98. The Hall–Kier alpha value is -1.80. The summed E-state index contributed by atoms with van der Waals surface area (Å²) in [6, 6.07) is 17.5. The lowest BCUT2D eigenvalue weighted by Gasteiger charge is -2.27. The number of nitrogens with one attached hydrogen (secondary N) is 1. The zero-order valence-electron chi connectivity index (χ0n) is 12.2. The molecule has 4 rings (SSSR count). The molecule has 1 fully saturated rings. The third kappa shape index (κ3) is 2.81. The van der Waals surface area contributed by atoms with Gasteiger partial charge in [0.2, 0.25) is 0 Å². The molecule has 1 saturated carbocycles. The largest absolute Gasteiger partial charge is 0.489 e. The van der Waals surface area contributed by atoms with Crippen molar-refractivity contribution in [2.45, 2.75) is 31.9 Å². The van der Waals surface area contributed by atoms with Crippen LogP contribution in [0.5, 0.6) is 5.75 Å². The molecule has 2 aliphatic rings. The van der Waals surface area contributed by atoms with E-state index in [4.69, 9.17) is 4.74 Å². The van der Waals surface area contributed by atoms with Crippen molar-refractivity contribution >= 4 is 0 Å². The van der Waals surface area contributed by atoms with Crippen molar-refractivity contribution in [2.75, 3.05) is 6.54 Å². The quantitative estimate of drug-likeness (QED) is 0.917. The van der Waals surface area contributed by atoms with E-state index in [1.165, 1.54) is 29.5 Å². The molecule has 2 nitrogen and oxygen atoms in total. The minimum Gasteiger partial charge on any atom is -0.489 e. The second-order valence-electron chi connectivity index (χ2n) is 6.15. The number of ether oxygens (including phenoxy) is 1. The van der Waals surface area contributed by atoms with Crippen LogP contribution in [0.3, 0.4) is 0 Å². The Morgan fingerprint density at radius 2 is 1.90 bits per heavy atom. The lowest BCUT2D eigenvalue weighted by molar-refractivity contribution is 0.304. The Labute approximate surface area is 126 Å². The van der Waals surface area contributed by atoms with Crippen LogP contribution in [0.1, 0.15) is 35.6 Å². The minimum absolute atomic E-state index is 0.550. The van der Waals surface area contributed by atoms with Crippen molar-refractivity contribution in [3.8, 4) is 5.75 Å². The molecule has 0 aromatic heterocycles. The van der Waals surface area contributed by atoms with Gasteiger partial charge in [0.1, 0.15) is 12.4 Å². The average Bonchev–Trinajstić information content (AvgIpc) is 3.38. The molecular weight excluding hydrogens is 258 g/mol. The molecule has 21 heavy (non-hydrogen) atoms. The van der Waals surface area contributed by atoms with Crippen LogP contribution in [0.15, 0.2) is 48.5 Å². The summed E-state index contributed by atoms with van der Waals surface area (Å²) in [7, 11) is 0. The molecule has 0 amide bonds. The first kappa shape index (κ1) is 12.9. The molecule has 1 heterocycles. The van der Waals surface area contributed by atoms with Gasteiger partial charge in [0, 0.05) is 6.04 Å². The molecular formula is C19H21NO. The Bertz CT molecular complexity index is 619. The highest BCUT2D eigenvalue weighted by molar-refractivity contribution is 5.40. The summed E-state index contributed by atoms with van der Waals surface area (Å²) in [6.07, 6.45) is 3.87. The molecule has 1 unspecified atom stereocenters. The first-order chi connectivity index (χ1) is 10.4. The Morgan fingerprint density at radius 1 is 1.05 bits per heavy atom.